The van der Waals surface area contributed by atoms with Crippen LogP contribution in [-0.4, -0.2) is 45.5 Å². The zero-order chi connectivity index (χ0) is 19.6. The highest BCUT2D eigenvalue weighted by Crippen LogP contribution is 2.30. The molecule has 1 saturated heterocycles. The van der Waals surface area contributed by atoms with Crippen LogP contribution >= 0.6 is 0 Å². The summed E-state index contributed by atoms with van der Waals surface area (Å²) < 4.78 is 39.2. The molecule has 1 unspecified atom stereocenters. The quantitative estimate of drug-likeness (QED) is 0.763. The highest BCUT2D eigenvalue weighted by atomic mass is 32.2. The second-order valence-electron chi connectivity index (χ2n) is 6.97. The van der Waals surface area contributed by atoms with E-state index in [1.165, 1.54) is 18.6 Å². The maximum Gasteiger partial charge on any atom is 0.262 e. The van der Waals surface area contributed by atoms with Gasteiger partial charge in [0.1, 0.15) is 11.5 Å². The summed E-state index contributed by atoms with van der Waals surface area (Å²) >= 11 is 0. The maximum absolute atomic E-state index is 12.8. The van der Waals surface area contributed by atoms with Gasteiger partial charge in [0.25, 0.3) is 5.91 Å². The molecular weight excluding hydrogens is 382 g/mol. The van der Waals surface area contributed by atoms with Crippen LogP contribution in [0.1, 0.15) is 31.1 Å². The summed E-state index contributed by atoms with van der Waals surface area (Å²) in [5.74, 6) is 0.897. The summed E-state index contributed by atoms with van der Waals surface area (Å²) in [4.78, 5) is 13.8. The van der Waals surface area contributed by atoms with Gasteiger partial charge in [-0.2, -0.15) is 0 Å². The number of amides is 1. The average molecular weight is 405 g/mol. The third-order valence-corrected chi connectivity index (χ3v) is 6.49. The highest BCUT2D eigenvalue weighted by molar-refractivity contribution is 7.89. The largest absolute Gasteiger partial charge is 0.482 e. The molecule has 8 nitrogen and oxygen atoms in total. The first-order valence-electron chi connectivity index (χ1n) is 9.37. The van der Waals surface area contributed by atoms with Gasteiger partial charge in [0.2, 0.25) is 10.0 Å². The number of carbonyl (C=O) groups is 1. The molecule has 1 amide bonds. The van der Waals surface area contributed by atoms with Crippen molar-refractivity contribution in [2.75, 3.05) is 31.6 Å². The molecule has 1 fully saturated rings. The van der Waals surface area contributed by atoms with Crippen LogP contribution in [-0.2, 0) is 14.8 Å². The molecule has 9 heteroatoms. The van der Waals surface area contributed by atoms with Crippen molar-refractivity contribution in [3.63, 3.8) is 0 Å². The molecule has 0 saturated carbocycles. The van der Waals surface area contributed by atoms with Gasteiger partial charge in [0.15, 0.2) is 6.61 Å². The lowest BCUT2D eigenvalue weighted by atomic mass is 10.1. The van der Waals surface area contributed by atoms with Crippen molar-refractivity contribution >= 4 is 21.6 Å². The number of fused-ring (bicyclic) bond motifs is 1. The van der Waals surface area contributed by atoms with Gasteiger partial charge in [0, 0.05) is 6.54 Å². The monoisotopic (exact) mass is 405 g/mol. The Hall–Kier alpha value is -2.36. The molecule has 2 aliphatic rings. The van der Waals surface area contributed by atoms with Crippen LogP contribution in [0, 0.1) is 0 Å². The molecule has 1 atom stereocenters. The van der Waals surface area contributed by atoms with Crippen LogP contribution in [0.2, 0.25) is 0 Å². The van der Waals surface area contributed by atoms with Gasteiger partial charge in [-0.3, -0.25) is 9.69 Å². The molecule has 3 heterocycles. The zero-order valence-corrected chi connectivity index (χ0v) is 16.2. The molecule has 2 aliphatic heterocycles. The van der Waals surface area contributed by atoms with E-state index >= 15 is 0 Å². The van der Waals surface area contributed by atoms with Crippen molar-refractivity contribution in [2.45, 2.75) is 30.2 Å². The predicted octanol–water partition coefficient (Wildman–Crippen LogP) is 2.12. The fourth-order valence-corrected chi connectivity index (χ4v) is 4.69. The Kier molecular flexibility index (Phi) is 5.38. The number of nitrogens with zero attached hydrogens (tertiary/aromatic N) is 1. The topological polar surface area (TPSA) is 101 Å². The number of likely N-dealkylation sites (tertiary alicyclic amines) is 1. The molecule has 0 radical (unpaired) electrons. The summed E-state index contributed by atoms with van der Waals surface area (Å²) in [7, 11) is -3.76. The normalized spacial score (nSPS) is 18.8. The molecule has 1 aromatic carbocycles. The lowest BCUT2D eigenvalue weighted by Gasteiger charge is -2.33. The van der Waals surface area contributed by atoms with Gasteiger partial charge < -0.3 is 14.5 Å². The summed E-state index contributed by atoms with van der Waals surface area (Å²) in [6.45, 7) is 1.96. The van der Waals surface area contributed by atoms with Crippen molar-refractivity contribution in [1.29, 1.82) is 0 Å². The lowest BCUT2D eigenvalue weighted by Crippen LogP contribution is -2.40. The van der Waals surface area contributed by atoms with Crippen molar-refractivity contribution in [1.82, 2.24) is 9.62 Å². The average Bonchev–Trinajstić information content (AvgIpc) is 3.23. The predicted molar refractivity (Wildman–Crippen MR) is 103 cm³/mol. The standard InChI is InChI=1S/C19H23N3O5S/c23-19-13-27-17-7-6-14(11-15(17)21-19)28(24,25)20-12-16(18-5-4-10-26-18)22-8-2-1-3-9-22/h4-7,10-11,16,20H,1-3,8-9,12-13H2,(H,21,23). The van der Waals surface area contributed by atoms with E-state index in [4.69, 9.17) is 9.15 Å². The first kappa shape index (κ1) is 19.0. The van der Waals surface area contributed by atoms with E-state index in [0.717, 1.165) is 31.7 Å². The first-order valence-corrected chi connectivity index (χ1v) is 10.8. The minimum atomic E-state index is -3.76. The SMILES string of the molecule is O=C1COc2ccc(S(=O)(=O)NCC(c3ccco3)N3CCCCC3)cc2N1. The number of furan rings is 1. The third kappa shape index (κ3) is 4.06. The number of hydrogen-bond donors (Lipinski definition) is 2. The van der Waals surface area contributed by atoms with Gasteiger partial charge in [-0.1, -0.05) is 6.42 Å². The molecule has 0 aliphatic carbocycles. The van der Waals surface area contributed by atoms with E-state index in [9.17, 15) is 13.2 Å². The number of anilines is 1. The number of nitrogens with one attached hydrogen (secondary N) is 2. The summed E-state index contributed by atoms with van der Waals surface area (Å²) in [5, 5.41) is 2.63. The van der Waals surface area contributed by atoms with Crippen molar-refractivity contribution < 1.29 is 22.4 Å². The molecule has 2 N–H and O–H groups in total. The summed E-state index contributed by atoms with van der Waals surface area (Å²) in [6.07, 6.45) is 4.98. The minimum absolute atomic E-state index is 0.0714. The van der Waals surface area contributed by atoms with E-state index in [0.29, 0.717) is 11.4 Å². The van der Waals surface area contributed by atoms with E-state index in [1.54, 1.807) is 12.3 Å². The summed E-state index contributed by atoms with van der Waals surface area (Å²) in [5.41, 5.74) is 0.359. The molecule has 0 bridgehead atoms. The van der Waals surface area contributed by atoms with Gasteiger partial charge in [-0.25, -0.2) is 13.1 Å². The van der Waals surface area contributed by atoms with Crippen LogP contribution in [0.4, 0.5) is 5.69 Å². The molecule has 2 aromatic rings. The molecule has 1 aromatic heterocycles. The number of benzene rings is 1. The van der Waals surface area contributed by atoms with Gasteiger partial charge in [-0.15, -0.1) is 0 Å². The Bertz CT molecular complexity index is 936. The fourth-order valence-electron chi connectivity index (χ4n) is 3.62. The smallest absolute Gasteiger partial charge is 0.262 e. The van der Waals surface area contributed by atoms with Gasteiger partial charge >= 0.3 is 0 Å². The molecule has 4 rings (SSSR count). The van der Waals surface area contributed by atoms with Crippen molar-refractivity contribution in [2.24, 2.45) is 0 Å². The number of piperidine rings is 1. The Morgan fingerprint density at radius 1 is 1.18 bits per heavy atom. The van der Waals surface area contributed by atoms with E-state index < -0.39 is 10.0 Å². The van der Waals surface area contributed by atoms with E-state index in [2.05, 4.69) is 14.9 Å². The molecule has 150 valence electrons. The molecular formula is C19H23N3O5S. The van der Waals surface area contributed by atoms with Crippen LogP contribution in [0.25, 0.3) is 0 Å². The molecule has 28 heavy (non-hydrogen) atoms. The Balaban J connectivity index is 1.51. The number of ether oxygens (including phenoxy) is 1. The van der Waals surface area contributed by atoms with Crippen LogP contribution in [0.3, 0.4) is 0 Å². The van der Waals surface area contributed by atoms with Crippen molar-refractivity contribution in [3.05, 3.63) is 42.4 Å². The van der Waals surface area contributed by atoms with Crippen LogP contribution in [0.5, 0.6) is 5.75 Å². The van der Waals surface area contributed by atoms with Crippen molar-refractivity contribution in [3.8, 4) is 5.75 Å². The van der Waals surface area contributed by atoms with Gasteiger partial charge in [0.05, 0.1) is 22.9 Å². The maximum atomic E-state index is 12.8. The Labute approximate surface area is 163 Å². The number of sulfonamides is 1. The van der Waals surface area contributed by atoms with E-state index in [1.807, 2.05) is 12.1 Å². The lowest BCUT2D eigenvalue weighted by molar-refractivity contribution is -0.118. The second kappa shape index (κ2) is 7.94. The van der Waals surface area contributed by atoms with Crippen LogP contribution in [0.15, 0.2) is 45.9 Å². The number of carbonyl (C=O) groups excluding carboxylic acids is 1. The summed E-state index contributed by atoms with van der Waals surface area (Å²) in [6, 6.07) is 7.97. The number of rotatable bonds is 6. The third-order valence-electron chi connectivity index (χ3n) is 5.06. The Morgan fingerprint density at radius 3 is 2.75 bits per heavy atom. The first-order chi connectivity index (χ1) is 13.5. The fraction of sp³-hybridized carbons (Fsp3) is 0.421. The van der Waals surface area contributed by atoms with E-state index in [-0.39, 0.29) is 30.0 Å². The minimum Gasteiger partial charge on any atom is -0.482 e. The highest BCUT2D eigenvalue weighted by Gasteiger charge is 2.27. The van der Waals surface area contributed by atoms with Gasteiger partial charge in [-0.05, 0) is 56.3 Å². The molecule has 0 spiro atoms. The Morgan fingerprint density at radius 2 is 2.00 bits per heavy atom. The zero-order valence-electron chi connectivity index (χ0n) is 15.4. The number of hydrogen-bond acceptors (Lipinski definition) is 6. The second-order valence-corrected chi connectivity index (χ2v) is 8.74. The van der Waals surface area contributed by atoms with Crippen LogP contribution < -0.4 is 14.8 Å².